The smallest absolute Gasteiger partial charge is 0.323 e. The normalized spacial score (nSPS) is 14.7. The van der Waals surface area contributed by atoms with E-state index in [1.165, 1.54) is 12.1 Å². The van der Waals surface area contributed by atoms with Crippen molar-refractivity contribution in [2.24, 2.45) is 5.73 Å². The molecule has 2 unspecified atom stereocenters. The van der Waals surface area contributed by atoms with Crippen molar-refractivity contribution in [2.75, 3.05) is 0 Å². The van der Waals surface area contributed by atoms with E-state index in [0.29, 0.717) is 4.47 Å². The summed E-state index contributed by atoms with van der Waals surface area (Å²) in [6.07, 6.45) is -1.45. The fraction of sp³-hybridized carbons (Fsp3) is 0.222. The van der Waals surface area contributed by atoms with Crippen LogP contribution >= 0.6 is 15.9 Å². The van der Waals surface area contributed by atoms with Gasteiger partial charge >= 0.3 is 5.97 Å². The number of aliphatic hydroxyl groups excluding tert-OH is 1. The van der Waals surface area contributed by atoms with Crippen LogP contribution in [-0.4, -0.2) is 22.2 Å². The molecular formula is C9H9BrFNO3. The Hall–Kier alpha value is -0.980. The molecule has 4 nitrogen and oxygen atoms in total. The average Bonchev–Trinajstić information content (AvgIpc) is 2.19. The Bertz CT molecular complexity index is 386. The SMILES string of the molecule is NC(C(=O)O)C(O)c1cc(F)ccc1Br. The first kappa shape index (κ1) is 12.1. The van der Waals surface area contributed by atoms with Crippen LogP contribution in [0.2, 0.25) is 0 Å². The van der Waals surface area contributed by atoms with Gasteiger partial charge in [0, 0.05) is 4.47 Å². The van der Waals surface area contributed by atoms with Gasteiger partial charge in [-0.15, -0.1) is 0 Å². The Morgan fingerprint density at radius 1 is 1.53 bits per heavy atom. The maximum absolute atomic E-state index is 12.9. The van der Waals surface area contributed by atoms with Crippen molar-refractivity contribution in [3.8, 4) is 0 Å². The topological polar surface area (TPSA) is 83.6 Å². The number of rotatable bonds is 3. The van der Waals surface area contributed by atoms with E-state index in [4.69, 9.17) is 10.8 Å². The summed E-state index contributed by atoms with van der Waals surface area (Å²) in [7, 11) is 0. The number of aliphatic carboxylic acids is 1. The summed E-state index contributed by atoms with van der Waals surface area (Å²) in [5.74, 6) is -1.91. The van der Waals surface area contributed by atoms with E-state index in [0.717, 1.165) is 6.07 Å². The van der Waals surface area contributed by atoms with Gasteiger partial charge in [0.25, 0.3) is 0 Å². The summed E-state index contributed by atoms with van der Waals surface area (Å²) in [6.45, 7) is 0. The molecule has 0 aromatic heterocycles. The molecule has 1 aromatic rings. The van der Waals surface area contributed by atoms with E-state index >= 15 is 0 Å². The Balaban J connectivity index is 3.04. The molecule has 0 aliphatic carbocycles. The second-order valence-corrected chi connectivity index (χ2v) is 3.83. The van der Waals surface area contributed by atoms with E-state index in [1.54, 1.807) is 0 Å². The summed E-state index contributed by atoms with van der Waals surface area (Å²) in [6, 6.07) is 2.12. The minimum atomic E-state index is -1.48. The number of carboxylic acids is 1. The number of hydrogen-bond acceptors (Lipinski definition) is 3. The number of benzene rings is 1. The van der Waals surface area contributed by atoms with Gasteiger partial charge in [-0.25, -0.2) is 4.39 Å². The van der Waals surface area contributed by atoms with Crippen LogP contribution in [0, 0.1) is 5.82 Å². The first-order valence-electron chi connectivity index (χ1n) is 4.05. The molecule has 0 aliphatic rings. The third-order valence-corrected chi connectivity index (χ3v) is 2.62. The van der Waals surface area contributed by atoms with Crippen LogP contribution in [0.1, 0.15) is 11.7 Å². The molecule has 1 rings (SSSR count). The highest BCUT2D eigenvalue weighted by Crippen LogP contribution is 2.25. The number of nitrogens with two attached hydrogens (primary N) is 1. The van der Waals surface area contributed by atoms with Crippen molar-refractivity contribution >= 4 is 21.9 Å². The fourth-order valence-corrected chi connectivity index (χ4v) is 1.55. The molecule has 0 amide bonds. The molecule has 82 valence electrons. The highest BCUT2D eigenvalue weighted by atomic mass is 79.9. The fourth-order valence-electron chi connectivity index (χ4n) is 1.07. The summed E-state index contributed by atoms with van der Waals surface area (Å²) in [4.78, 5) is 10.5. The molecule has 4 N–H and O–H groups in total. The molecule has 0 fully saturated rings. The molecule has 0 saturated heterocycles. The van der Waals surface area contributed by atoms with Gasteiger partial charge in [-0.1, -0.05) is 15.9 Å². The number of carboxylic acid groups (broad SMARTS) is 1. The number of aliphatic hydroxyl groups is 1. The first-order chi connectivity index (χ1) is 6.93. The third-order valence-electron chi connectivity index (χ3n) is 1.90. The van der Waals surface area contributed by atoms with Gasteiger partial charge in [-0.05, 0) is 23.8 Å². The summed E-state index contributed by atoms with van der Waals surface area (Å²) < 4.78 is 13.3. The van der Waals surface area contributed by atoms with E-state index in [1.807, 2.05) is 0 Å². The van der Waals surface area contributed by atoms with E-state index in [2.05, 4.69) is 15.9 Å². The van der Waals surface area contributed by atoms with Gasteiger partial charge in [0.1, 0.15) is 18.0 Å². The molecule has 0 spiro atoms. The third kappa shape index (κ3) is 2.74. The predicted octanol–water partition coefficient (Wildman–Crippen LogP) is 1.03. The molecular weight excluding hydrogens is 269 g/mol. The van der Waals surface area contributed by atoms with Crippen molar-refractivity contribution in [1.29, 1.82) is 0 Å². The van der Waals surface area contributed by atoms with Crippen LogP contribution in [-0.2, 0) is 4.79 Å². The molecule has 0 radical (unpaired) electrons. The molecule has 0 bridgehead atoms. The maximum Gasteiger partial charge on any atom is 0.323 e. The van der Waals surface area contributed by atoms with E-state index in [-0.39, 0.29) is 5.56 Å². The Labute approximate surface area is 93.6 Å². The van der Waals surface area contributed by atoms with Gasteiger partial charge in [-0.3, -0.25) is 4.79 Å². The zero-order valence-electron chi connectivity index (χ0n) is 7.52. The van der Waals surface area contributed by atoms with Crippen molar-refractivity contribution < 1.29 is 19.4 Å². The van der Waals surface area contributed by atoms with Crippen LogP contribution in [0.3, 0.4) is 0 Å². The minimum Gasteiger partial charge on any atom is -0.480 e. The summed E-state index contributed by atoms with van der Waals surface area (Å²) in [5, 5.41) is 18.1. The zero-order chi connectivity index (χ0) is 11.6. The van der Waals surface area contributed by atoms with Crippen LogP contribution < -0.4 is 5.73 Å². The van der Waals surface area contributed by atoms with Gasteiger partial charge in [0.05, 0.1) is 0 Å². The van der Waals surface area contributed by atoms with Gasteiger partial charge < -0.3 is 15.9 Å². The van der Waals surface area contributed by atoms with E-state index in [9.17, 15) is 14.3 Å². The molecule has 0 aliphatic heterocycles. The monoisotopic (exact) mass is 277 g/mol. The second-order valence-electron chi connectivity index (χ2n) is 2.97. The highest BCUT2D eigenvalue weighted by Gasteiger charge is 2.25. The Morgan fingerprint density at radius 2 is 2.13 bits per heavy atom. The van der Waals surface area contributed by atoms with Gasteiger partial charge in [0.15, 0.2) is 0 Å². The van der Waals surface area contributed by atoms with Crippen molar-refractivity contribution in [1.82, 2.24) is 0 Å². The summed E-state index contributed by atoms with van der Waals surface area (Å²) >= 11 is 3.07. The van der Waals surface area contributed by atoms with Crippen LogP contribution in [0.25, 0.3) is 0 Å². The van der Waals surface area contributed by atoms with Gasteiger partial charge in [-0.2, -0.15) is 0 Å². The second kappa shape index (κ2) is 4.69. The zero-order valence-corrected chi connectivity index (χ0v) is 9.11. The van der Waals surface area contributed by atoms with Crippen LogP contribution in [0.5, 0.6) is 0 Å². The molecule has 2 atom stereocenters. The number of halogens is 2. The molecule has 1 aromatic carbocycles. The Morgan fingerprint density at radius 3 is 2.67 bits per heavy atom. The first-order valence-corrected chi connectivity index (χ1v) is 4.84. The lowest BCUT2D eigenvalue weighted by molar-refractivity contribution is -0.141. The average molecular weight is 278 g/mol. The Kier molecular flexibility index (Phi) is 3.78. The predicted molar refractivity (Wildman–Crippen MR) is 54.7 cm³/mol. The van der Waals surface area contributed by atoms with Crippen LogP contribution in [0.4, 0.5) is 4.39 Å². The molecule has 6 heteroatoms. The quantitative estimate of drug-likeness (QED) is 0.771. The standard InChI is InChI=1S/C9H9BrFNO3/c10-6-2-1-4(11)3-5(6)8(13)7(12)9(14)15/h1-3,7-8,13H,12H2,(H,14,15). The van der Waals surface area contributed by atoms with E-state index < -0.39 is 23.9 Å². The largest absolute Gasteiger partial charge is 0.480 e. The highest BCUT2D eigenvalue weighted by molar-refractivity contribution is 9.10. The van der Waals surface area contributed by atoms with Gasteiger partial charge in [0.2, 0.25) is 0 Å². The summed E-state index contributed by atoms with van der Waals surface area (Å²) in [5.41, 5.74) is 5.33. The lowest BCUT2D eigenvalue weighted by atomic mass is 10.0. The lowest BCUT2D eigenvalue weighted by Crippen LogP contribution is -2.36. The molecule has 0 heterocycles. The minimum absolute atomic E-state index is 0.116. The van der Waals surface area contributed by atoms with Crippen molar-refractivity contribution in [2.45, 2.75) is 12.1 Å². The maximum atomic E-state index is 12.9. The van der Waals surface area contributed by atoms with Crippen molar-refractivity contribution in [3.63, 3.8) is 0 Å². The molecule has 15 heavy (non-hydrogen) atoms. The number of hydrogen-bond donors (Lipinski definition) is 3. The van der Waals surface area contributed by atoms with Crippen molar-refractivity contribution in [3.05, 3.63) is 34.1 Å². The number of carbonyl (C=O) groups is 1. The lowest BCUT2D eigenvalue weighted by Gasteiger charge is -2.16. The molecule has 0 saturated carbocycles. The van der Waals surface area contributed by atoms with Crippen LogP contribution in [0.15, 0.2) is 22.7 Å².